The number of hydrogen-bond acceptors (Lipinski definition) is 3. The SMILES string of the molecule is C1=CC(Sc2c[nH]c3c(OCCN4CCCC4)cccc23)=CCC1. The van der Waals surface area contributed by atoms with Gasteiger partial charge < -0.3 is 9.72 Å². The van der Waals surface area contributed by atoms with Gasteiger partial charge in [-0.3, -0.25) is 4.90 Å². The van der Waals surface area contributed by atoms with E-state index >= 15 is 0 Å². The zero-order valence-electron chi connectivity index (χ0n) is 14.0. The Morgan fingerprint density at radius 2 is 2.08 bits per heavy atom. The van der Waals surface area contributed by atoms with Crippen LogP contribution in [0.1, 0.15) is 25.7 Å². The molecule has 126 valence electrons. The van der Waals surface area contributed by atoms with E-state index in [1.165, 1.54) is 41.1 Å². The summed E-state index contributed by atoms with van der Waals surface area (Å²) in [6, 6.07) is 6.34. The van der Waals surface area contributed by atoms with E-state index in [4.69, 9.17) is 4.74 Å². The van der Waals surface area contributed by atoms with Gasteiger partial charge >= 0.3 is 0 Å². The summed E-state index contributed by atoms with van der Waals surface area (Å²) in [6.45, 7) is 4.23. The number of aromatic amines is 1. The van der Waals surface area contributed by atoms with Crippen LogP contribution in [-0.2, 0) is 0 Å². The molecule has 2 aromatic rings. The van der Waals surface area contributed by atoms with Crippen molar-refractivity contribution in [3.05, 3.63) is 47.5 Å². The number of allylic oxidation sites excluding steroid dienone is 3. The highest BCUT2D eigenvalue weighted by Crippen LogP contribution is 2.37. The van der Waals surface area contributed by atoms with Gasteiger partial charge in [0.25, 0.3) is 0 Å². The predicted molar refractivity (Wildman–Crippen MR) is 102 cm³/mol. The summed E-state index contributed by atoms with van der Waals surface area (Å²) in [5, 5.41) is 1.25. The molecule has 1 aromatic carbocycles. The van der Waals surface area contributed by atoms with E-state index in [1.54, 1.807) is 0 Å². The Hall–Kier alpha value is -1.65. The number of para-hydroxylation sites is 1. The van der Waals surface area contributed by atoms with Crippen LogP contribution in [0.25, 0.3) is 10.9 Å². The molecule has 1 saturated heterocycles. The second-order valence-electron chi connectivity index (χ2n) is 6.42. The molecule has 0 saturated carbocycles. The summed E-state index contributed by atoms with van der Waals surface area (Å²) < 4.78 is 6.07. The zero-order valence-corrected chi connectivity index (χ0v) is 14.8. The maximum absolute atomic E-state index is 6.07. The zero-order chi connectivity index (χ0) is 16.2. The molecule has 4 rings (SSSR count). The van der Waals surface area contributed by atoms with Crippen LogP contribution in [0, 0.1) is 0 Å². The summed E-state index contributed by atoms with van der Waals surface area (Å²) >= 11 is 1.83. The Balaban J connectivity index is 1.46. The summed E-state index contributed by atoms with van der Waals surface area (Å²) in [5.41, 5.74) is 1.11. The summed E-state index contributed by atoms with van der Waals surface area (Å²) in [6.07, 6.45) is 13.9. The Morgan fingerprint density at radius 1 is 1.17 bits per heavy atom. The summed E-state index contributed by atoms with van der Waals surface area (Å²) in [4.78, 5) is 8.50. The number of nitrogens with one attached hydrogen (secondary N) is 1. The standard InChI is InChI=1S/C20H24N2OS/c1-2-7-16(8-3-1)24-19-15-21-20-17(19)9-6-10-18(20)23-14-13-22-11-4-5-12-22/h2,6-10,15,21H,1,3-5,11-14H2. The molecule has 3 nitrogen and oxygen atoms in total. The lowest BCUT2D eigenvalue weighted by molar-refractivity contribution is 0.239. The van der Waals surface area contributed by atoms with E-state index in [0.29, 0.717) is 0 Å². The molecule has 0 amide bonds. The van der Waals surface area contributed by atoms with E-state index in [2.05, 4.69) is 52.5 Å². The van der Waals surface area contributed by atoms with E-state index in [9.17, 15) is 0 Å². The maximum atomic E-state index is 6.07. The minimum atomic E-state index is 0.758. The van der Waals surface area contributed by atoms with Crippen molar-refractivity contribution < 1.29 is 4.74 Å². The normalized spacial score (nSPS) is 18.2. The quantitative estimate of drug-likeness (QED) is 0.805. The number of aromatic nitrogens is 1. The predicted octanol–water partition coefficient (Wildman–Crippen LogP) is 4.97. The van der Waals surface area contributed by atoms with Crippen molar-refractivity contribution in [1.29, 1.82) is 0 Å². The molecule has 0 spiro atoms. The smallest absolute Gasteiger partial charge is 0.143 e. The van der Waals surface area contributed by atoms with Crippen LogP contribution in [0.15, 0.2) is 52.4 Å². The molecule has 1 N–H and O–H groups in total. The number of hydrogen-bond donors (Lipinski definition) is 1. The first-order chi connectivity index (χ1) is 11.9. The van der Waals surface area contributed by atoms with Crippen LogP contribution in [0.4, 0.5) is 0 Å². The van der Waals surface area contributed by atoms with Gasteiger partial charge in [-0.05, 0) is 44.8 Å². The van der Waals surface area contributed by atoms with Crippen molar-refractivity contribution in [3.8, 4) is 5.75 Å². The average Bonchev–Trinajstić information content (AvgIpc) is 3.27. The van der Waals surface area contributed by atoms with Crippen LogP contribution in [0.5, 0.6) is 5.75 Å². The van der Waals surface area contributed by atoms with Gasteiger partial charge in [0.15, 0.2) is 0 Å². The number of H-pyrrole nitrogens is 1. The first-order valence-corrected chi connectivity index (χ1v) is 9.71. The third kappa shape index (κ3) is 3.55. The van der Waals surface area contributed by atoms with Crippen LogP contribution < -0.4 is 4.74 Å². The number of ether oxygens (including phenoxy) is 1. The second-order valence-corrected chi connectivity index (χ2v) is 7.53. The van der Waals surface area contributed by atoms with Crippen molar-refractivity contribution in [2.75, 3.05) is 26.2 Å². The van der Waals surface area contributed by atoms with Gasteiger partial charge in [-0.15, -0.1) is 0 Å². The van der Waals surface area contributed by atoms with Crippen molar-refractivity contribution in [2.24, 2.45) is 0 Å². The molecule has 1 aromatic heterocycles. The number of thioether (sulfide) groups is 1. The largest absolute Gasteiger partial charge is 0.490 e. The topological polar surface area (TPSA) is 28.3 Å². The number of fused-ring (bicyclic) bond motifs is 1. The first-order valence-electron chi connectivity index (χ1n) is 8.90. The Morgan fingerprint density at radius 3 is 2.92 bits per heavy atom. The van der Waals surface area contributed by atoms with Gasteiger partial charge in [0, 0.05) is 27.9 Å². The highest BCUT2D eigenvalue weighted by atomic mass is 32.2. The molecule has 2 aliphatic rings. The Bertz CT molecular complexity index is 756. The molecule has 1 aliphatic carbocycles. The van der Waals surface area contributed by atoms with Crippen molar-refractivity contribution in [3.63, 3.8) is 0 Å². The summed E-state index contributed by atoms with van der Waals surface area (Å²) in [5.74, 6) is 0.965. The minimum absolute atomic E-state index is 0.758. The fraction of sp³-hybridized carbons (Fsp3) is 0.400. The number of nitrogens with zero attached hydrogens (tertiary/aromatic N) is 1. The Kier molecular flexibility index (Phi) is 4.95. The third-order valence-corrected chi connectivity index (χ3v) is 5.79. The van der Waals surface area contributed by atoms with Gasteiger partial charge in [-0.25, -0.2) is 0 Å². The average molecular weight is 340 g/mol. The van der Waals surface area contributed by atoms with Crippen molar-refractivity contribution in [1.82, 2.24) is 9.88 Å². The monoisotopic (exact) mass is 340 g/mol. The van der Waals surface area contributed by atoms with Crippen LogP contribution in [0.3, 0.4) is 0 Å². The van der Waals surface area contributed by atoms with Gasteiger partial charge in [0.2, 0.25) is 0 Å². The minimum Gasteiger partial charge on any atom is -0.490 e. The van der Waals surface area contributed by atoms with Crippen LogP contribution in [-0.4, -0.2) is 36.1 Å². The molecule has 24 heavy (non-hydrogen) atoms. The van der Waals surface area contributed by atoms with Gasteiger partial charge in [0.1, 0.15) is 12.4 Å². The highest BCUT2D eigenvalue weighted by Gasteiger charge is 2.13. The van der Waals surface area contributed by atoms with Crippen LogP contribution in [0.2, 0.25) is 0 Å². The molecular formula is C20H24N2OS. The number of likely N-dealkylation sites (tertiary alicyclic amines) is 1. The second kappa shape index (κ2) is 7.49. The molecule has 0 unspecified atom stereocenters. The van der Waals surface area contributed by atoms with Crippen molar-refractivity contribution in [2.45, 2.75) is 30.6 Å². The Labute approximate surface area is 147 Å². The lowest BCUT2D eigenvalue weighted by Gasteiger charge is -2.15. The van der Waals surface area contributed by atoms with E-state index < -0.39 is 0 Å². The highest BCUT2D eigenvalue weighted by molar-refractivity contribution is 8.03. The molecule has 1 aliphatic heterocycles. The molecule has 1 fully saturated rings. The van der Waals surface area contributed by atoms with E-state index in [1.807, 2.05) is 11.8 Å². The fourth-order valence-corrected chi connectivity index (χ4v) is 4.41. The maximum Gasteiger partial charge on any atom is 0.143 e. The molecule has 0 bridgehead atoms. The third-order valence-electron chi connectivity index (χ3n) is 4.69. The number of benzene rings is 1. The van der Waals surface area contributed by atoms with E-state index in [0.717, 1.165) is 37.3 Å². The van der Waals surface area contributed by atoms with Crippen LogP contribution >= 0.6 is 11.8 Å². The fourth-order valence-electron chi connectivity index (χ4n) is 3.39. The molecule has 2 heterocycles. The first kappa shape index (κ1) is 15.9. The lowest BCUT2D eigenvalue weighted by Crippen LogP contribution is -2.25. The van der Waals surface area contributed by atoms with Gasteiger partial charge in [-0.2, -0.15) is 0 Å². The number of rotatable bonds is 6. The lowest BCUT2D eigenvalue weighted by atomic mass is 10.2. The van der Waals surface area contributed by atoms with Gasteiger partial charge in [-0.1, -0.05) is 42.1 Å². The van der Waals surface area contributed by atoms with Gasteiger partial charge in [0.05, 0.1) is 5.52 Å². The summed E-state index contributed by atoms with van der Waals surface area (Å²) in [7, 11) is 0. The van der Waals surface area contributed by atoms with E-state index in [-0.39, 0.29) is 0 Å². The molecule has 4 heteroatoms. The molecular weight excluding hydrogens is 316 g/mol. The van der Waals surface area contributed by atoms with Crippen molar-refractivity contribution >= 4 is 22.7 Å². The molecule has 0 radical (unpaired) electrons. The molecule has 0 atom stereocenters.